The van der Waals surface area contributed by atoms with Crippen molar-refractivity contribution in [1.82, 2.24) is 4.90 Å². The van der Waals surface area contributed by atoms with Gasteiger partial charge in [0.25, 0.3) is 0 Å². The fourth-order valence-electron chi connectivity index (χ4n) is 2.19. The predicted octanol–water partition coefficient (Wildman–Crippen LogP) is 1.61. The van der Waals surface area contributed by atoms with Crippen LogP contribution in [0.1, 0.15) is 17.9 Å². The van der Waals surface area contributed by atoms with E-state index in [-0.39, 0.29) is 17.8 Å². The maximum absolute atomic E-state index is 12.7. The maximum Gasteiger partial charge on any atom is 0.123 e. The van der Waals surface area contributed by atoms with Gasteiger partial charge in [0.1, 0.15) is 5.82 Å². The van der Waals surface area contributed by atoms with Crippen LogP contribution in [0.3, 0.4) is 0 Å². The highest BCUT2D eigenvalue weighted by Gasteiger charge is 2.26. The molecule has 1 fully saturated rings. The van der Waals surface area contributed by atoms with Crippen LogP contribution < -0.4 is 0 Å². The summed E-state index contributed by atoms with van der Waals surface area (Å²) in [6.07, 6.45) is 0.595. The van der Waals surface area contributed by atoms with Gasteiger partial charge in [0.15, 0.2) is 0 Å². The Morgan fingerprint density at radius 3 is 2.60 bits per heavy atom. The van der Waals surface area contributed by atoms with E-state index in [1.165, 1.54) is 12.1 Å². The van der Waals surface area contributed by atoms with Crippen LogP contribution in [-0.4, -0.2) is 36.2 Å². The second-order valence-corrected chi connectivity index (χ2v) is 4.28. The number of piperidine rings is 1. The molecule has 15 heavy (non-hydrogen) atoms. The van der Waals surface area contributed by atoms with Gasteiger partial charge in [0.2, 0.25) is 0 Å². The number of hydrogen-bond acceptors (Lipinski definition) is 2. The van der Waals surface area contributed by atoms with Crippen LogP contribution in [0.25, 0.3) is 0 Å². The summed E-state index contributed by atoms with van der Waals surface area (Å²) in [5, 5.41) is 9.93. The summed E-state index contributed by atoms with van der Waals surface area (Å²) in [4.78, 5) is 2.12. The minimum absolute atomic E-state index is 0.154. The fraction of sp³-hybridized carbons (Fsp3) is 0.500. The van der Waals surface area contributed by atoms with E-state index in [0.717, 1.165) is 18.5 Å². The first kappa shape index (κ1) is 10.6. The van der Waals surface area contributed by atoms with E-state index >= 15 is 0 Å². The van der Waals surface area contributed by atoms with Crippen molar-refractivity contribution in [2.45, 2.75) is 18.4 Å². The summed E-state index contributed by atoms with van der Waals surface area (Å²) in [6.45, 7) is 1.68. The van der Waals surface area contributed by atoms with Crippen molar-refractivity contribution in [2.75, 3.05) is 20.1 Å². The average Bonchev–Trinajstić information content (AvgIpc) is 2.20. The molecule has 0 saturated carbocycles. The number of aliphatic hydroxyl groups excluding tert-OH is 1. The summed E-state index contributed by atoms with van der Waals surface area (Å²) in [6, 6.07) is 6.46. The minimum Gasteiger partial charge on any atom is -0.391 e. The van der Waals surface area contributed by atoms with Gasteiger partial charge in [-0.25, -0.2) is 4.39 Å². The van der Waals surface area contributed by atoms with Crippen LogP contribution in [0.4, 0.5) is 4.39 Å². The van der Waals surface area contributed by atoms with Gasteiger partial charge in [-0.15, -0.1) is 0 Å². The Kier molecular flexibility index (Phi) is 3.03. The Labute approximate surface area is 89.3 Å². The standard InChI is InChI=1S/C12H16FNO/c1-14-7-6-11(12(15)8-14)9-2-4-10(13)5-3-9/h2-5,11-12,15H,6-8H2,1H3/t11-,12-/m0/s1. The molecule has 1 aromatic carbocycles. The number of aliphatic hydroxyl groups is 1. The summed E-state index contributed by atoms with van der Waals surface area (Å²) >= 11 is 0. The lowest BCUT2D eigenvalue weighted by Crippen LogP contribution is -2.40. The third kappa shape index (κ3) is 2.36. The Hall–Kier alpha value is -0.930. The van der Waals surface area contributed by atoms with E-state index in [0.29, 0.717) is 6.54 Å². The van der Waals surface area contributed by atoms with Crippen molar-refractivity contribution in [3.8, 4) is 0 Å². The third-order valence-electron chi connectivity index (χ3n) is 3.08. The van der Waals surface area contributed by atoms with Gasteiger partial charge in [-0.2, -0.15) is 0 Å². The highest BCUT2D eigenvalue weighted by Crippen LogP contribution is 2.27. The van der Waals surface area contributed by atoms with Crippen molar-refractivity contribution in [2.24, 2.45) is 0 Å². The molecule has 0 aromatic heterocycles. The number of rotatable bonds is 1. The Balaban J connectivity index is 2.13. The quantitative estimate of drug-likeness (QED) is 0.759. The molecular formula is C12H16FNO. The highest BCUT2D eigenvalue weighted by atomic mass is 19.1. The number of β-amino-alcohol motifs (C(OH)–C–C–N with tert-alkyl or cyclic N) is 1. The SMILES string of the molecule is CN1CC[C@@H](c2ccc(F)cc2)[C@@H](O)C1. The van der Waals surface area contributed by atoms with E-state index in [4.69, 9.17) is 0 Å². The van der Waals surface area contributed by atoms with Crippen molar-refractivity contribution in [3.63, 3.8) is 0 Å². The molecule has 2 rings (SSSR count). The Morgan fingerprint density at radius 2 is 2.00 bits per heavy atom. The molecule has 1 aliphatic rings. The van der Waals surface area contributed by atoms with E-state index in [2.05, 4.69) is 4.90 Å². The Morgan fingerprint density at radius 1 is 1.33 bits per heavy atom. The molecule has 1 aliphatic heterocycles. The van der Waals surface area contributed by atoms with Crippen LogP contribution >= 0.6 is 0 Å². The van der Waals surface area contributed by atoms with Gasteiger partial charge < -0.3 is 10.0 Å². The number of likely N-dealkylation sites (N-methyl/N-ethyl adjacent to an activating group) is 1. The van der Waals surface area contributed by atoms with Crippen molar-refractivity contribution in [1.29, 1.82) is 0 Å². The van der Waals surface area contributed by atoms with Gasteiger partial charge in [0.05, 0.1) is 6.10 Å². The van der Waals surface area contributed by atoms with Crippen molar-refractivity contribution >= 4 is 0 Å². The fourth-order valence-corrected chi connectivity index (χ4v) is 2.19. The second-order valence-electron chi connectivity index (χ2n) is 4.28. The summed E-state index contributed by atoms with van der Waals surface area (Å²) < 4.78 is 12.7. The molecule has 0 aliphatic carbocycles. The normalized spacial score (nSPS) is 27.9. The number of likely N-dealkylation sites (tertiary alicyclic amines) is 1. The molecule has 1 aromatic rings. The highest BCUT2D eigenvalue weighted by molar-refractivity contribution is 5.22. The molecule has 0 spiro atoms. The molecular weight excluding hydrogens is 193 g/mol. The van der Waals surface area contributed by atoms with Crippen LogP contribution in [-0.2, 0) is 0 Å². The van der Waals surface area contributed by atoms with Crippen molar-refractivity contribution < 1.29 is 9.50 Å². The predicted molar refractivity (Wildman–Crippen MR) is 57.3 cm³/mol. The minimum atomic E-state index is -0.339. The van der Waals surface area contributed by atoms with Gasteiger partial charge >= 0.3 is 0 Å². The van der Waals surface area contributed by atoms with Gasteiger partial charge in [-0.3, -0.25) is 0 Å². The lowest BCUT2D eigenvalue weighted by atomic mass is 9.87. The molecule has 2 nitrogen and oxygen atoms in total. The number of halogens is 1. The molecule has 0 radical (unpaired) electrons. The van der Waals surface area contributed by atoms with E-state index < -0.39 is 0 Å². The monoisotopic (exact) mass is 209 g/mol. The van der Waals surface area contributed by atoms with E-state index in [9.17, 15) is 9.50 Å². The zero-order valence-corrected chi connectivity index (χ0v) is 8.86. The van der Waals surface area contributed by atoms with Crippen LogP contribution in [0.2, 0.25) is 0 Å². The lowest BCUT2D eigenvalue weighted by Gasteiger charge is -2.33. The number of hydrogen-bond donors (Lipinski definition) is 1. The first-order valence-corrected chi connectivity index (χ1v) is 5.29. The zero-order valence-electron chi connectivity index (χ0n) is 8.86. The maximum atomic E-state index is 12.7. The molecule has 0 unspecified atom stereocenters. The molecule has 0 bridgehead atoms. The van der Waals surface area contributed by atoms with E-state index in [1.54, 1.807) is 12.1 Å². The lowest BCUT2D eigenvalue weighted by molar-refractivity contribution is 0.0638. The molecule has 82 valence electrons. The third-order valence-corrected chi connectivity index (χ3v) is 3.08. The van der Waals surface area contributed by atoms with Gasteiger partial charge in [-0.1, -0.05) is 12.1 Å². The summed E-state index contributed by atoms with van der Waals surface area (Å²) in [5.74, 6) is -0.0667. The summed E-state index contributed by atoms with van der Waals surface area (Å²) in [5.41, 5.74) is 1.04. The Bertz CT molecular complexity index is 325. The average molecular weight is 209 g/mol. The summed E-state index contributed by atoms with van der Waals surface area (Å²) in [7, 11) is 2.00. The van der Waals surface area contributed by atoms with Crippen LogP contribution in [0.15, 0.2) is 24.3 Å². The first-order chi connectivity index (χ1) is 7.16. The molecule has 1 saturated heterocycles. The number of benzene rings is 1. The topological polar surface area (TPSA) is 23.5 Å². The molecule has 2 atom stereocenters. The van der Waals surface area contributed by atoms with Crippen LogP contribution in [0, 0.1) is 5.82 Å². The molecule has 3 heteroatoms. The molecule has 1 N–H and O–H groups in total. The largest absolute Gasteiger partial charge is 0.391 e. The second kappa shape index (κ2) is 4.29. The van der Waals surface area contributed by atoms with E-state index in [1.807, 2.05) is 7.05 Å². The van der Waals surface area contributed by atoms with Crippen molar-refractivity contribution in [3.05, 3.63) is 35.6 Å². The number of nitrogens with zero attached hydrogens (tertiary/aromatic N) is 1. The molecule has 1 heterocycles. The first-order valence-electron chi connectivity index (χ1n) is 5.29. The van der Waals surface area contributed by atoms with Crippen LogP contribution in [0.5, 0.6) is 0 Å². The van der Waals surface area contributed by atoms with Gasteiger partial charge in [0, 0.05) is 12.5 Å². The van der Waals surface area contributed by atoms with Gasteiger partial charge in [-0.05, 0) is 37.7 Å². The smallest absolute Gasteiger partial charge is 0.123 e. The molecule has 0 amide bonds. The zero-order chi connectivity index (χ0) is 10.8.